The van der Waals surface area contributed by atoms with Crippen LogP contribution in [0.25, 0.3) is 6.08 Å². The molecule has 1 saturated heterocycles. The lowest BCUT2D eigenvalue weighted by Gasteiger charge is -2.29. The highest BCUT2D eigenvalue weighted by Gasteiger charge is 2.34. The minimum atomic E-state index is -0.577. The summed E-state index contributed by atoms with van der Waals surface area (Å²) in [6, 6.07) is 21.5. The number of anilines is 1. The lowest BCUT2D eigenvalue weighted by molar-refractivity contribution is -0.122. The molecule has 1 N–H and O–H groups in total. The predicted molar refractivity (Wildman–Crippen MR) is 143 cm³/mol. The molecule has 180 valence electrons. The number of ether oxygens (including phenoxy) is 2. The molecule has 7 nitrogen and oxygen atoms in total. The van der Waals surface area contributed by atoms with Crippen LogP contribution >= 0.6 is 28.1 Å². The van der Waals surface area contributed by atoms with E-state index >= 15 is 0 Å². The first-order chi connectivity index (χ1) is 17.4. The fourth-order valence-corrected chi connectivity index (χ4v) is 4.36. The second-order valence-electron chi connectivity index (χ2n) is 7.64. The van der Waals surface area contributed by atoms with Crippen LogP contribution in [0.4, 0.5) is 5.69 Å². The van der Waals surface area contributed by atoms with E-state index in [0.29, 0.717) is 39.4 Å². The highest BCUT2D eigenvalue weighted by atomic mass is 79.9. The molecular formula is C27H20BrN3O4S. The van der Waals surface area contributed by atoms with Crippen LogP contribution in [-0.2, 0) is 16.2 Å². The zero-order chi connectivity index (χ0) is 25.7. The van der Waals surface area contributed by atoms with Gasteiger partial charge in [0.15, 0.2) is 5.11 Å². The fraction of sp³-hybridized carbons (Fsp3) is 0.111. The molecule has 9 heteroatoms. The zero-order valence-corrected chi connectivity index (χ0v) is 21.6. The first-order valence-electron chi connectivity index (χ1n) is 11.0. The topological polar surface area (TPSA) is 91.7 Å². The standard InChI is InChI=1S/C27H20BrN3O4S/c1-2-34-21-9-5-8-20(14-21)31-26(33)22(25(32)30-27(31)36)12-17-10-11-24(23(28)13-17)35-16-19-7-4-3-6-18(19)15-29/h3-14H,2,16H2,1H3,(H,30,32,36). The molecule has 0 spiro atoms. The van der Waals surface area contributed by atoms with Gasteiger partial charge in [0.05, 0.1) is 28.4 Å². The summed E-state index contributed by atoms with van der Waals surface area (Å²) in [7, 11) is 0. The second-order valence-corrected chi connectivity index (χ2v) is 8.88. The Hall–Kier alpha value is -4.00. The molecule has 0 bridgehead atoms. The summed E-state index contributed by atoms with van der Waals surface area (Å²) in [4.78, 5) is 27.2. The number of hydrogen-bond acceptors (Lipinski definition) is 6. The number of nitriles is 1. The Balaban J connectivity index is 1.57. The first-order valence-corrected chi connectivity index (χ1v) is 12.2. The van der Waals surface area contributed by atoms with Crippen LogP contribution in [-0.4, -0.2) is 23.5 Å². The zero-order valence-electron chi connectivity index (χ0n) is 19.2. The number of rotatable bonds is 7. The van der Waals surface area contributed by atoms with Crippen molar-refractivity contribution in [3.63, 3.8) is 0 Å². The number of nitrogens with zero attached hydrogens (tertiary/aromatic N) is 2. The van der Waals surface area contributed by atoms with E-state index in [1.165, 1.54) is 11.0 Å². The van der Waals surface area contributed by atoms with Crippen molar-refractivity contribution in [3.8, 4) is 17.6 Å². The maximum absolute atomic E-state index is 13.3. The Morgan fingerprint density at radius 1 is 1.08 bits per heavy atom. The van der Waals surface area contributed by atoms with E-state index in [0.717, 1.165) is 5.56 Å². The summed E-state index contributed by atoms with van der Waals surface area (Å²) in [5.41, 5.74) is 2.36. The van der Waals surface area contributed by atoms with Gasteiger partial charge in [-0.1, -0.05) is 30.3 Å². The fourth-order valence-electron chi connectivity index (χ4n) is 3.57. The van der Waals surface area contributed by atoms with Gasteiger partial charge < -0.3 is 9.47 Å². The van der Waals surface area contributed by atoms with Crippen molar-refractivity contribution >= 4 is 56.8 Å². The van der Waals surface area contributed by atoms with Gasteiger partial charge in [0, 0.05) is 11.6 Å². The lowest BCUT2D eigenvalue weighted by atomic mass is 10.1. The Labute approximate surface area is 222 Å². The Bertz CT molecular complexity index is 1430. The average molecular weight is 562 g/mol. The summed E-state index contributed by atoms with van der Waals surface area (Å²) in [5.74, 6) is 0.0264. The van der Waals surface area contributed by atoms with Crippen LogP contribution < -0.4 is 19.7 Å². The van der Waals surface area contributed by atoms with Crippen molar-refractivity contribution in [2.45, 2.75) is 13.5 Å². The third kappa shape index (κ3) is 5.46. The second kappa shape index (κ2) is 11.2. The van der Waals surface area contributed by atoms with Crippen LogP contribution in [0.2, 0.25) is 0 Å². The van der Waals surface area contributed by atoms with E-state index in [-0.39, 0.29) is 17.3 Å². The molecule has 0 saturated carbocycles. The first kappa shape index (κ1) is 25.1. The molecule has 0 radical (unpaired) electrons. The molecule has 1 aliphatic heterocycles. The largest absolute Gasteiger partial charge is 0.494 e. The normalized spacial score (nSPS) is 14.4. The molecule has 4 rings (SSSR count). The minimum absolute atomic E-state index is 0.00150. The molecule has 0 unspecified atom stereocenters. The van der Waals surface area contributed by atoms with Gasteiger partial charge in [-0.25, -0.2) is 0 Å². The highest BCUT2D eigenvalue weighted by molar-refractivity contribution is 9.10. The monoisotopic (exact) mass is 561 g/mol. The van der Waals surface area contributed by atoms with E-state index in [1.807, 2.05) is 19.1 Å². The van der Waals surface area contributed by atoms with E-state index in [1.54, 1.807) is 54.6 Å². The number of carbonyl (C=O) groups excluding carboxylic acids is 2. The molecule has 0 atom stereocenters. The summed E-state index contributed by atoms with van der Waals surface area (Å²) in [6.07, 6.45) is 1.50. The van der Waals surface area contributed by atoms with Crippen LogP contribution in [0.1, 0.15) is 23.6 Å². The minimum Gasteiger partial charge on any atom is -0.494 e. The van der Waals surface area contributed by atoms with Gasteiger partial charge in [0.25, 0.3) is 11.8 Å². The third-order valence-electron chi connectivity index (χ3n) is 5.28. The van der Waals surface area contributed by atoms with Gasteiger partial charge in [-0.15, -0.1) is 0 Å². The molecule has 36 heavy (non-hydrogen) atoms. The summed E-state index contributed by atoms with van der Waals surface area (Å²) in [6.45, 7) is 2.56. The SMILES string of the molecule is CCOc1cccc(N2C(=O)C(=Cc3ccc(OCc4ccccc4C#N)c(Br)c3)C(=O)NC2=S)c1. The number of thiocarbonyl (C=S) groups is 1. The lowest BCUT2D eigenvalue weighted by Crippen LogP contribution is -2.54. The van der Waals surface area contributed by atoms with Crippen molar-refractivity contribution in [2.24, 2.45) is 0 Å². The average Bonchev–Trinajstić information content (AvgIpc) is 2.86. The predicted octanol–water partition coefficient (Wildman–Crippen LogP) is 5.13. The summed E-state index contributed by atoms with van der Waals surface area (Å²) >= 11 is 8.76. The molecule has 3 aromatic rings. The van der Waals surface area contributed by atoms with Crippen LogP contribution in [0.3, 0.4) is 0 Å². The Kier molecular flexibility index (Phi) is 7.78. The Morgan fingerprint density at radius 2 is 1.89 bits per heavy atom. The van der Waals surface area contributed by atoms with Gasteiger partial charge in [0.1, 0.15) is 23.7 Å². The highest BCUT2D eigenvalue weighted by Crippen LogP contribution is 2.30. The van der Waals surface area contributed by atoms with Gasteiger partial charge in [-0.3, -0.25) is 19.8 Å². The van der Waals surface area contributed by atoms with Crippen LogP contribution in [0.5, 0.6) is 11.5 Å². The van der Waals surface area contributed by atoms with Gasteiger partial charge in [-0.2, -0.15) is 5.26 Å². The quantitative estimate of drug-likeness (QED) is 0.244. The van der Waals surface area contributed by atoms with Gasteiger partial charge >= 0.3 is 0 Å². The number of halogens is 1. The summed E-state index contributed by atoms with van der Waals surface area (Å²) < 4.78 is 12.0. The van der Waals surface area contributed by atoms with Crippen molar-refractivity contribution in [1.82, 2.24) is 5.32 Å². The number of amides is 2. The van der Waals surface area contributed by atoms with Crippen LogP contribution in [0, 0.1) is 11.3 Å². The van der Waals surface area contributed by atoms with E-state index < -0.39 is 11.8 Å². The molecule has 3 aromatic carbocycles. The van der Waals surface area contributed by atoms with Crippen molar-refractivity contribution < 1.29 is 19.1 Å². The van der Waals surface area contributed by atoms with Crippen molar-refractivity contribution in [3.05, 3.63) is 93.5 Å². The van der Waals surface area contributed by atoms with E-state index in [9.17, 15) is 14.9 Å². The molecule has 2 amide bonds. The number of hydrogen-bond donors (Lipinski definition) is 1. The molecule has 0 aliphatic carbocycles. The van der Waals surface area contributed by atoms with Crippen molar-refractivity contribution in [1.29, 1.82) is 5.26 Å². The third-order valence-corrected chi connectivity index (χ3v) is 6.18. The molecule has 0 aromatic heterocycles. The van der Waals surface area contributed by atoms with Gasteiger partial charge in [-0.05, 0) is 77.0 Å². The number of carbonyl (C=O) groups is 2. The molecular weight excluding hydrogens is 542 g/mol. The molecule has 1 fully saturated rings. The maximum atomic E-state index is 13.3. The van der Waals surface area contributed by atoms with E-state index in [4.69, 9.17) is 21.7 Å². The molecule has 1 heterocycles. The van der Waals surface area contributed by atoms with Crippen molar-refractivity contribution in [2.75, 3.05) is 11.5 Å². The Morgan fingerprint density at radius 3 is 2.64 bits per heavy atom. The number of nitrogens with one attached hydrogen (secondary N) is 1. The summed E-state index contributed by atoms with van der Waals surface area (Å²) in [5, 5.41) is 11.8. The molecule has 1 aliphatic rings. The smallest absolute Gasteiger partial charge is 0.270 e. The van der Waals surface area contributed by atoms with Crippen LogP contribution in [0.15, 0.2) is 76.8 Å². The van der Waals surface area contributed by atoms with E-state index in [2.05, 4.69) is 27.3 Å². The maximum Gasteiger partial charge on any atom is 0.270 e. The van der Waals surface area contributed by atoms with Gasteiger partial charge in [0.2, 0.25) is 0 Å². The number of benzene rings is 3.